The van der Waals surface area contributed by atoms with Crippen molar-refractivity contribution in [2.24, 2.45) is 4.99 Å². The van der Waals surface area contributed by atoms with Gasteiger partial charge in [0, 0.05) is 95.6 Å². The number of nitrogens with zero attached hydrogens (tertiary/aromatic N) is 8. The van der Waals surface area contributed by atoms with Gasteiger partial charge in [-0.15, -0.1) is 0 Å². The van der Waals surface area contributed by atoms with Gasteiger partial charge in [-0.25, -0.2) is 15.0 Å². The lowest BCUT2D eigenvalue weighted by atomic mass is 9.93. The summed E-state index contributed by atoms with van der Waals surface area (Å²) in [6.45, 7) is 9.90. The largest absolute Gasteiger partial charge is 0.476 e. The molecule has 0 amide bonds. The summed E-state index contributed by atoms with van der Waals surface area (Å²) < 4.78 is 26.2. The van der Waals surface area contributed by atoms with Gasteiger partial charge in [0.2, 0.25) is 11.8 Å². The van der Waals surface area contributed by atoms with Crippen LogP contribution in [-0.2, 0) is 4.74 Å². The molecule has 8 heterocycles. The third-order valence-corrected chi connectivity index (χ3v) is 15.4. The van der Waals surface area contributed by atoms with E-state index in [1.165, 1.54) is 11.1 Å². The van der Waals surface area contributed by atoms with Crippen LogP contribution in [0.3, 0.4) is 0 Å². The van der Waals surface area contributed by atoms with Gasteiger partial charge < -0.3 is 27.3 Å². The van der Waals surface area contributed by atoms with Crippen LogP contribution < -0.4 is 0 Å². The maximum Gasteiger partial charge on any atom is 0.225 e. The third-order valence-electron chi connectivity index (χ3n) is 15.4. The Hall–Kier alpha value is -9.87. The number of imidazole rings is 1. The average Bonchev–Trinajstić information content (AvgIpc) is 4.52. The number of oxazole rings is 1. The minimum absolute atomic E-state index is 0.267. The highest BCUT2D eigenvalue weighted by atomic mass is 16.5. The van der Waals surface area contributed by atoms with Crippen molar-refractivity contribution in [2.45, 2.75) is 33.7 Å². The van der Waals surface area contributed by atoms with E-state index < -0.39 is 0 Å². The smallest absolute Gasteiger partial charge is 0.225 e. The lowest BCUT2D eigenvalue weighted by Crippen LogP contribution is -2.05. The second-order valence-corrected chi connectivity index (χ2v) is 20.2. The lowest BCUT2D eigenvalue weighted by Gasteiger charge is -2.15. The summed E-state index contributed by atoms with van der Waals surface area (Å²) in [7, 11) is 0. The summed E-state index contributed by atoms with van der Waals surface area (Å²) in [5, 5.41) is 6.44. The molecule has 77 heavy (non-hydrogen) atoms. The minimum atomic E-state index is 0.267. The van der Waals surface area contributed by atoms with Crippen molar-refractivity contribution < 1.29 is 13.6 Å². The van der Waals surface area contributed by atoms with Crippen LogP contribution in [0.4, 0.5) is 0 Å². The van der Waals surface area contributed by atoms with Crippen LogP contribution in [0.2, 0.25) is 0 Å². The quantitative estimate of drug-likeness (QED) is 0.141. The van der Waals surface area contributed by atoms with Gasteiger partial charge in [-0.3, -0.25) is 9.97 Å². The first-order chi connectivity index (χ1) is 37.8. The number of pyridine rings is 2. The Morgan fingerprint density at radius 2 is 1.17 bits per heavy atom. The maximum atomic E-state index is 7.36. The van der Waals surface area contributed by atoms with Crippen LogP contribution in [-0.4, -0.2) is 52.7 Å². The standard InChI is InChI=1S/C66H48N8O3/c1-38(2)72-40(4)39(3)71-64(72)44-12-9-15-48(30-44)73-58-17-6-5-16-50(58)55-31-41(18-19-59(55)73)47-32-53(42-10-7-13-45(28-42)65-69-24-26-75-65)62-56(33-47)57-35-49(74-60-36-67-22-20-51(60)52-21-23-68-37-61(52)74)34-54(63(57)77-62)43-11-8-14-46(29-43)66-70-25-27-76-66/h5-23,25,27-38H,24,26H2,1-4H3. The number of ether oxygens (including phenoxy) is 1. The van der Waals surface area contributed by atoms with Crippen LogP contribution >= 0.6 is 0 Å². The molecule has 0 unspecified atom stereocenters. The molecule has 0 bridgehead atoms. The fraction of sp³-hybridized carbons (Fsp3) is 0.106. The predicted octanol–water partition coefficient (Wildman–Crippen LogP) is 16.1. The van der Waals surface area contributed by atoms with Crippen molar-refractivity contribution in [3.8, 4) is 67.6 Å². The van der Waals surface area contributed by atoms with Gasteiger partial charge in [-0.2, -0.15) is 0 Å². The molecular formula is C66H48N8O3. The van der Waals surface area contributed by atoms with E-state index in [4.69, 9.17) is 23.5 Å². The van der Waals surface area contributed by atoms with E-state index in [-0.39, 0.29) is 6.04 Å². The van der Waals surface area contributed by atoms with E-state index in [1.54, 1.807) is 12.5 Å². The Kier molecular flexibility index (Phi) is 10.1. The second kappa shape index (κ2) is 17.4. The van der Waals surface area contributed by atoms with Gasteiger partial charge in [0.25, 0.3) is 0 Å². The van der Waals surface area contributed by atoms with E-state index in [2.05, 4.69) is 196 Å². The Morgan fingerprint density at radius 1 is 0.506 bits per heavy atom. The number of aliphatic imine (C=N–C) groups is 1. The minimum Gasteiger partial charge on any atom is -0.476 e. The number of fused-ring (bicyclic) bond motifs is 9. The van der Waals surface area contributed by atoms with Crippen molar-refractivity contribution in [3.05, 3.63) is 206 Å². The average molecular weight is 1000 g/mol. The molecule has 11 heteroatoms. The molecule has 0 atom stereocenters. The number of furan rings is 1. The van der Waals surface area contributed by atoms with Crippen LogP contribution in [0.5, 0.6) is 0 Å². The molecule has 14 aromatic rings. The highest BCUT2D eigenvalue weighted by molar-refractivity contribution is 6.17. The summed E-state index contributed by atoms with van der Waals surface area (Å²) in [4.78, 5) is 23.6. The molecule has 1 aliphatic heterocycles. The van der Waals surface area contributed by atoms with Gasteiger partial charge in [0.15, 0.2) is 0 Å². The van der Waals surface area contributed by atoms with Crippen molar-refractivity contribution in [1.82, 2.24) is 33.6 Å². The molecule has 0 aliphatic carbocycles. The van der Waals surface area contributed by atoms with E-state index in [1.807, 2.05) is 36.9 Å². The number of aryl methyl sites for hydroxylation is 1. The monoisotopic (exact) mass is 1000 g/mol. The van der Waals surface area contributed by atoms with E-state index in [9.17, 15) is 0 Å². The Labute approximate surface area is 442 Å². The van der Waals surface area contributed by atoms with Crippen LogP contribution in [0, 0.1) is 13.8 Å². The summed E-state index contributed by atoms with van der Waals surface area (Å²) in [5.41, 5.74) is 18.8. The summed E-state index contributed by atoms with van der Waals surface area (Å²) in [6, 6.07) is 54.6. The lowest BCUT2D eigenvalue weighted by molar-refractivity contribution is 0.348. The van der Waals surface area contributed by atoms with E-state index in [0.29, 0.717) is 24.9 Å². The van der Waals surface area contributed by atoms with Crippen LogP contribution in [0.25, 0.3) is 133 Å². The normalized spacial score (nSPS) is 12.9. The van der Waals surface area contributed by atoms with Gasteiger partial charge in [-0.05, 0) is 141 Å². The fourth-order valence-corrected chi connectivity index (χ4v) is 11.9. The zero-order chi connectivity index (χ0) is 51.5. The molecule has 0 saturated carbocycles. The number of hydrogen-bond acceptors (Lipinski definition) is 8. The van der Waals surface area contributed by atoms with Crippen LogP contribution in [0.15, 0.2) is 203 Å². The molecule has 0 saturated heterocycles. The van der Waals surface area contributed by atoms with E-state index in [0.717, 1.165) is 133 Å². The molecule has 370 valence electrons. The summed E-state index contributed by atoms with van der Waals surface area (Å²) in [5.74, 6) is 2.18. The van der Waals surface area contributed by atoms with Crippen LogP contribution in [0.1, 0.15) is 36.8 Å². The molecule has 11 nitrogen and oxygen atoms in total. The molecule has 1 aliphatic rings. The molecule has 0 radical (unpaired) electrons. The van der Waals surface area contributed by atoms with Gasteiger partial charge in [0.05, 0.1) is 52.9 Å². The van der Waals surface area contributed by atoms with Gasteiger partial charge in [-0.1, -0.05) is 60.7 Å². The maximum absolute atomic E-state index is 7.36. The first kappa shape index (κ1) is 44.6. The molecular weight excluding hydrogens is 953 g/mol. The topological polar surface area (TPSA) is 114 Å². The number of rotatable bonds is 9. The Balaban J connectivity index is 0.986. The molecule has 7 aromatic heterocycles. The van der Waals surface area contributed by atoms with Gasteiger partial charge >= 0.3 is 0 Å². The van der Waals surface area contributed by atoms with Crippen molar-refractivity contribution >= 4 is 71.4 Å². The first-order valence-corrected chi connectivity index (χ1v) is 26.0. The fourth-order valence-electron chi connectivity index (χ4n) is 11.9. The number of benzene rings is 7. The Morgan fingerprint density at radius 3 is 1.92 bits per heavy atom. The molecule has 7 aromatic carbocycles. The highest BCUT2D eigenvalue weighted by Gasteiger charge is 2.24. The summed E-state index contributed by atoms with van der Waals surface area (Å²) >= 11 is 0. The molecule has 0 spiro atoms. The van der Waals surface area contributed by atoms with E-state index >= 15 is 0 Å². The van der Waals surface area contributed by atoms with Crippen molar-refractivity contribution in [2.75, 3.05) is 13.2 Å². The van der Waals surface area contributed by atoms with Crippen molar-refractivity contribution in [1.29, 1.82) is 0 Å². The van der Waals surface area contributed by atoms with Crippen molar-refractivity contribution in [3.63, 3.8) is 0 Å². The zero-order valence-corrected chi connectivity index (χ0v) is 42.7. The second-order valence-electron chi connectivity index (χ2n) is 20.2. The first-order valence-electron chi connectivity index (χ1n) is 26.0. The number of para-hydroxylation sites is 1. The predicted molar refractivity (Wildman–Crippen MR) is 308 cm³/mol. The SMILES string of the molecule is Cc1nc(-c2cccc(-n3c4ccccc4c4cc(-c5cc(-c6cccc(C7=NCCO7)c6)c6oc7c(-c8cccc(-c9ncco9)c8)cc(-n8c9cnccc9c9ccncc98)cc7c6c5)ccc43)c2)n(C(C)C)c1C. The van der Waals surface area contributed by atoms with Gasteiger partial charge in [0.1, 0.15) is 29.9 Å². The zero-order valence-electron chi connectivity index (χ0n) is 42.7. The number of hydrogen-bond donors (Lipinski definition) is 0. The molecule has 0 fully saturated rings. The molecule has 15 rings (SSSR count). The number of aromatic nitrogens is 7. The summed E-state index contributed by atoms with van der Waals surface area (Å²) in [6.07, 6.45) is 10.8. The third kappa shape index (κ3) is 7.07. The molecule has 0 N–H and O–H groups in total. The Bertz CT molecular complexity index is 4690. The highest BCUT2D eigenvalue weighted by Crippen LogP contribution is 2.46.